The number of aryl methyl sites for hydroxylation is 1. The summed E-state index contributed by atoms with van der Waals surface area (Å²) in [5, 5.41) is 9.76. The summed E-state index contributed by atoms with van der Waals surface area (Å²) in [6.07, 6.45) is 2.89. The Balaban J connectivity index is 1.61. The normalized spacial score (nSPS) is 22.4. The van der Waals surface area contributed by atoms with Gasteiger partial charge in [0.1, 0.15) is 5.75 Å². The first-order valence-corrected chi connectivity index (χ1v) is 9.26. The highest BCUT2D eigenvalue weighted by molar-refractivity contribution is 5.77. The first-order chi connectivity index (χ1) is 12.1. The van der Waals surface area contributed by atoms with Crippen LogP contribution in [0.2, 0.25) is 0 Å². The molecule has 1 atom stereocenters. The van der Waals surface area contributed by atoms with E-state index in [2.05, 4.69) is 13.0 Å². The molecule has 1 N–H and O–H groups in total. The summed E-state index contributed by atoms with van der Waals surface area (Å²) in [5.74, 6) is 1.15. The molecule has 2 fully saturated rings. The van der Waals surface area contributed by atoms with Crippen molar-refractivity contribution in [1.82, 2.24) is 4.90 Å². The molecular formula is C20H29NO4. The minimum atomic E-state index is -0.219. The van der Waals surface area contributed by atoms with Crippen LogP contribution in [0.3, 0.4) is 0 Å². The van der Waals surface area contributed by atoms with Crippen molar-refractivity contribution >= 4 is 5.91 Å². The van der Waals surface area contributed by atoms with Crippen molar-refractivity contribution in [1.29, 1.82) is 0 Å². The Morgan fingerprint density at radius 2 is 2.12 bits per heavy atom. The van der Waals surface area contributed by atoms with Gasteiger partial charge in [0.15, 0.2) is 0 Å². The van der Waals surface area contributed by atoms with Gasteiger partial charge in [-0.05, 0) is 50.3 Å². The average molecular weight is 347 g/mol. The molecule has 5 heteroatoms. The van der Waals surface area contributed by atoms with Gasteiger partial charge in [-0.1, -0.05) is 12.1 Å². The van der Waals surface area contributed by atoms with Crippen LogP contribution in [0.4, 0.5) is 0 Å². The highest BCUT2D eigenvalue weighted by atomic mass is 16.5. The molecule has 0 radical (unpaired) electrons. The van der Waals surface area contributed by atoms with Crippen LogP contribution < -0.4 is 4.74 Å². The van der Waals surface area contributed by atoms with Gasteiger partial charge in [-0.3, -0.25) is 4.79 Å². The molecule has 1 aromatic rings. The fourth-order valence-electron chi connectivity index (χ4n) is 4.30. The highest BCUT2D eigenvalue weighted by Gasteiger charge is 2.50. The Kier molecular flexibility index (Phi) is 5.64. The minimum absolute atomic E-state index is 0.128. The number of rotatable bonds is 5. The van der Waals surface area contributed by atoms with Crippen LogP contribution in [-0.2, 0) is 9.53 Å². The van der Waals surface area contributed by atoms with E-state index in [1.54, 1.807) is 0 Å². The van der Waals surface area contributed by atoms with Crippen molar-refractivity contribution in [3.05, 3.63) is 29.3 Å². The number of amides is 1. The van der Waals surface area contributed by atoms with Gasteiger partial charge < -0.3 is 19.5 Å². The topological polar surface area (TPSA) is 59.0 Å². The van der Waals surface area contributed by atoms with Gasteiger partial charge in [-0.25, -0.2) is 0 Å². The van der Waals surface area contributed by atoms with Gasteiger partial charge >= 0.3 is 0 Å². The molecule has 138 valence electrons. The SMILES string of the molecule is Cc1cccc(OCCC(=O)N2CCC(CO)C23CCOCC3)c1C. The summed E-state index contributed by atoms with van der Waals surface area (Å²) < 4.78 is 11.4. The number of carbonyl (C=O) groups is 1. The molecule has 2 heterocycles. The summed E-state index contributed by atoms with van der Waals surface area (Å²) in [6.45, 7) is 6.68. The zero-order valence-corrected chi connectivity index (χ0v) is 15.3. The lowest BCUT2D eigenvalue weighted by molar-refractivity contribution is -0.141. The fourth-order valence-corrected chi connectivity index (χ4v) is 4.30. The third kappa shape index (κ3) is 3.53. The second-order valence-electron chi connectivity index (χ2n) is 7.23. The molecule has 25 heavy (non-hydrogen) atoms. The lowest BCUT2D eigenvalue weighted by Gasteiger charge is -2.44. The number of hydrogen-bond acceptors (Lipinski definition) is 4. The summed E-state index contributed by atoms with van der Waals surface area (Å²) >= 11 is 0. The van der Waals surface area contributed by atoms with E-state index in [4.69, 9.17) is 9.47 Å². The number of aliphatic hydroxyl groups excluding tert-OH is 1. The molecule has 5 nitrogen and oxygen atoms in total. The molecule has 1 unspecified atom stereocenters. The van der Waals surface area contributed by atoms with Gasteiger partial charge in [-0.15, -0.1) is 0 Å². The lowest BCUT2D eigenvalue weighted by Crippen LogP contribution is -2.54. The molecule has 0 aliphatic carbocycles. The number of nitrogens with zero attached hydrogens (tertiary/aromatic N) is 1. The van der Waals surface area contributed by atoms with Crippen LogP contribution in [0.25, 0.3) is 0 Å². The number of aliphatic hydroxyl groups is 1. The molecule has 3 rings (SSSR count). The molecule has 2 aliphatic heterocycles. The van der Waals surface area contributed by atoms with Crippen molar-refractivity contribution in [2.75, 3.05) is 33.0 Å². The van der Waals surface area contributed by atoms with Crippen molar-refractivity contribution < 1.29 is 19.4 Å². The third-order valence-corrected chi connectivity index (χ3v) is 6.01. The van der Waals surface area contributed by atoms with E-state index in [1.165, 1.54) is 5.56 Å². The zero-order valence-electron chi connectivity index (χ0n) is 15.3. The van der Waals surface area contributed by atoms with Crippen LogP contribution >= 0.6 is 0 Å². The largest absolute Gasteiger partial charge is 0.493 e. The number of hydrogen-bond donors (Lipinski definition) is 1. The van der Waals surface area contributed by atoms with Crippen molar-refractivity contribution in [3.8, 4) is 5.75 Å². The van der Waals surface area contributed by atoms with Crippen LogP contribution in [0.5, 0.6) is 5.75 Å². The zero-order chi connectivity index (χ0) is 17.9. The van der Waals surface area contributed by atoms with Gasteiger partial charge in [0.05, 0.1) is 18.6 Å². The Labute approximate surface area is 149 Å². The molecule has 2 saturated heterocycles. The number of likely N-dealkylation sites (tertiary alicyclic amines) is 1. The second kappa shape index (κ2) is 7.75. The van der Waals surface area contributed by atoms with E-state index in [0.717, 1.165) is 37.1 Å². The van der Waals surface area contributed by atoms with Gasteiger partial charge in [0.25, 0.3) is 0 Å². The van der Waals surface area contributed by atoms with Crippen molar-refractivity contribution in [3.63, 3.8) is 0 Å². The van der Waals surface area contributed by atoms with Crippen molar-refractivity contribution in [2.24, 2.45) is 5.92 Å². The molecule has 2 aliphatic rings. The predicted molar refractivity (Wildman–Crippen MR) is 95.7 cm³/mol. The second-order valence-corrected chi connectivity index (χ2v) is 7.23. The predicted octanol–water partition coefficient (Wildman–Crippen LogP) is 2.46. The molecule has 1 amide bonds. The number of benzene rings is 1. The van der Waals surface area contributed by atoms with E-state index >= 15 is 0 Å². The van der Waals surface area contributed by atoms with E-state index in [-0.39, 0.29) is 24.0 Å². The van der Waals surface area contributed by atoms with E-state index in [0.29, 0.717) is 26.2 Å². The average Bonchev–Trinajstić information content (AvgIpc) is 2.96. The van der Waals surface area contributed by atoms with Crippen LogP contribution in [0.1, 0.15) is 36.8 Å². The number of carbonyl (C=O) groups excluding carboxylic acids is 1. The first kappa shape index (κ1) is 18.2. The van der Waals surface area contributed by atoms with Gasteiger partial charge in [0, 0.05) is 32.3 Å². The fraction of sp³-hybridized carbons (Fsp3) is 0.650. The molecule has 0 bridgehead atoms. The monoisotopic (exact) mass is 347 g/mol. The van der Waals surface area contributed by atoms with Crippen LogP contribution in [0, 0.1) is 19.8 Å². The summed E-state index contributed by atoms with van der Waals surface area (Å²) in [4.78, 5) is 14.8. The lowest BCUT2D eigenvalue weighted by atomic mass is 9.78. The third-order valence-electron chi connectivity index (χ3n) is 6.01. The van der Waals surface area contributed by atoms with Crippen LogP contribution in [0.15, 0.2) is 18.2 Å². The Morgan fingerprint density at radius 3 is 2.84 bits per heavy atom. The van der Waals surface area contributed by atoms with E-state index in [9.17, 15) is 9.90 Å². The summed E-state index contributed by atoms with van der Waals surface area (Å²) in [5.41, 5.74) is 2.09. The Hall–Kier alpha value is -1.59. The molecule has 1 aromatic carbocycles. The highest BCUT2D eigenvalue weighted by Crippen LogP contribution is 2.42. The maximum Gasteiger partial charge on any atom is 0.226 e. The summed E-state index contributed by atoms with van der Waals surface area (Å²) in [7, 11) is 0. The minimum Gasteiger partial charge on any atom is -0.493 e. The van der Waals surface area contributed by atoms with E-state index < -0.39 is 0 Å². The quantitative estimate of drug-likeness (QED) is 0.889. The number of ether oxygens (including phenoxy) is 2. The standard InChI is InChI=1S/C20H29NO4/c1-15-4-3-5-18(16(15)2)25-11-7-19(23)21-10-6-17(14-22)20(21)8-12-24-13-9-20/h3-5,17,22H,6-14H2,1-2H3. The Bertz CT molecular complexity index is 610. The first-order valence-electron chi connectivity index (χ1n) is 9.26. The van der Waals surface area contributed by atoms with Crippen molar-refractivity contribution in [2.45, 2.75) is 45.1 Å². The summed E-state index contributed by atoms with van der Waals surface area (Å²) in [6, 6.07) is 5.98. The van der Waals surface area contributed by atoms with Crippen LogP contribution in [-0.4, -0.2) is 54.4 Å². The van der Waals surface area contributed by atoms with E-state index in [1.807, 2.05) is 24.0 Å². The smallest absolute Gasteiger partial charge is 0.226 e. The van der Waals surface area contributed by atoms with Gasteiger partial charge in [0.2, 0.25) is 5.91 Å². The molecule has 0 saturated carbocycles. The molecular weight excluding hydrogens is 318 g/mol. The molecule has 1 spiro atoms. The Morgan fingerprint density at radius 1 is 1.36 bits per heavy atom. The maximum absolute atomic E-state index is 12.8. The molecule has 0 aromatic heterocycles. The maximum atomic E-state index is 12.8. The van der Waals surface area contributed by atoms with Gasteiger partial charge in [-0.2, -0.15) is 0 Å².